The number of alkyl halides is 1. The van der Waals surface area contributed by atoms with E-state index in [9.17, 15) is 0 Å². The fourth-order valence-corrected chi connectivity index (χ4v) is 2.94. The van der Waals surface area contributed by atoms with E-state index in [-0.39, 0.29) is 10.9 Å². The normalized spacial score (nSPS) is 19.8. The smallest absolute Gasteiger partial charge is 0.160 e. The monoisotopic (exact) mass is 263 g/mol. The zero-order valence-corrected chi connectivity index (χ0v) is 11.8. The van der Waals surface area contributed by atoms with Gasteiger partial charge in [-0.05, 0) is 51.7 Å². The minimum absolute atomic E-state index is 0.0862. The Balaban J connectivity index is 2.28. The van der Waals surface area contributed by atoms with Crippen LogP contribution < -0.4 is 0 Å². The van der Waals surface area contributed by atoms with E-state index in [0.29, 0.717) is 0 Å². The van der Waals surface area contributed by atoms with Crippen molar-refractivity contribution < 1.29 is 0 Å². The molecule has 0 radical (unpaired) electrons. The Morgan fingerprint density at radius 3 is 2.72 bits per heavy atom. The molecule has 96 valence electrons. The molecule has 1 atom stereocenters. The maximum Gasteiger partial charge on any atom is 0.160 e. The highest BCUT2D eigenvalue weighted by Crippen LogP contribution is 2.42. The number of halogens is 1. The second-order valence-corrected chi connectivity index (χ2v) is 6.28. The third kappa shape index (κ3) is 1.64. The summed E-state index contributed by atoms with van der Waals surface area (Å²) in [4.78, 5) is 9.26. The number of nitrogens with zero attached hydrogens (tertiary/aromatic N) is 3. The van der Waals surface area contributed by atoms with Crippen molar-refractivity contribution in [3.8, 4) is 0 Å². The molecule has 1 fully saturated rings. The molecule has 2 heterocycles. The molecular weight excluding hydrogens is 246 g/mol. The predicted octanol–water partition coefficient (Wildman–Crippen LogP) is 3.94. The van der Waals surface area contributed by atoms with Gasteiger partial charge in [-0.1, -0.05) is 0 Å². The van der Waals surface area contributed by atoms with Gasteiger partial charge in [0.1, 0.15) is 11.3 Å². The lowest BCUT2D eigenvalue weighted by Crippen LogP contribution is -2.38. The Labute approximate surface area is 112 Å². The lowest BCUT2D eigenvalue weighted by Gasteiger charge is -2.41. The summed E-state index contributed by atoms with van der Waals surface area (Å²) in [6.07, 6.45) is 5.55. The molecule has 18 heavy (non-hydrogen) atoms. The van der Waals surface area contributed by atoms with Crippen LogP contribution in [0.1, 0.15) is 49.9 Å². The standard InChI is InChI=1S/C14H18ClN3/c1-9-7-11-13(16-8-9)18(12(17-11)10(2)15)14(3)5-4-6-14/h7-8,10H,4-6H2,1-3H3. The first-order valence-corrected chi connectivity index (χ1v) is 6.94. The molecule has 3 nitrogen and oxygen atoms in total. The van der Waals surface area contributed by atoms with E-state index in [1.54, 1.807) is 0 Å². The number of fused-ring (bicyclic) bond motifs is 1. The number of hydrogen-bond donors (Lipinski definition) is 0. The van der Waals surface area contributed by atoms with Crippen molar-refractivity contribution in [1.29, 1.82) is 0 Å². The van der Waals surface area contributed by atoms with Crippen LogP contribution in [0.15, 0.2) is 12.3 Å². The van der Waals surface area contributed by atoms with Crippen LogP contribution >= 0.6 is 11.6 Å². The van der Waals surface area contributed by atoms with Gasteiger partial charge in [0.05, 0.1) is 5.38 Å². The largest absolute Gasteiger partial charge is 0.306 e. The summed E-state index contributed by atoms with van der Waals surface area (Å²) in [5.41, 5.74) is 3.23. The zero-order chi connectivity index (χ0) is 12.9. The van der Waals surface area contributed by atoms with Gasteiger partial charge in [-0.15, -0.1) is 11.6 Å². The van der Waals surface area contributed by atoms with Gasteiger partial charge in [-0.2, -0.15) is 0 Å². The molecule has 0 bridgehead atoms. The topological polar surface area (TPSA) is 30.7 Å². The Morgan fingerprint density at radius 2 is 2.17 bits per heavy atom. The maximum absolute atomic E-state index is 6.30. The number of pyridine rings is 1. The zero-order valence-electron chi connectivity index (χ0n) is 11.1. The van der Waals surface area contributed by atoms with Crippen LogP contribution in [-0.4, -0.2) is 14.5 Å². The van der Waals surface area contributed by atoms with Crippen molar-refractivity contribution in [2.75, 3.05) is 0 Å². The van der Waals surface area contributed by atoms with Crippen molar-refractivity contribution in [1.82, 2.24) is 14.5 Å². The average molecular weight is 264 g/mol. The predicted molar refractivity (Wildman–Crippen MR) is 74.0 cm³/mol. The third-order valence-corrected chi connectivity index (χ3v) is 4.18. The summed E-state index contributed by atoms with van der Waals surface area (Å²) in [5, 5.41) is -0.0862. The molecule has 2 aromatic heterocycles. The Kier molecular flexibility index (Phi) is 2.63. The van der Waals surface area contributed by atoms with Gasteiger partial charge in [0.15, 0.2) is 5.65 Å². The summed E-state index contributed by atoms with van der Waals surface area (Å²) in [6, 6.07) is 2.09. The molecular formula is C14H18ClN3. The number of aromatic nitrogens is 3. The second kappa shape index (κ2) is 3.95. The minimum atomic E-state index is -0.0862. The van der Waals surface area contributed by atoms with Crippen molar-refractivity contribution >= 4 is 22.8 Å². The Hall–Kier alpha value is -1.09. The third-order valence-electron chi connectivity index (χ3n) is 3.99. The molecule has 0 N–H and O–H groups in total. The summed E-state index contributed by atoms with van der Waals surface area (Å²) in [5.74, 6) is 0.951. The highest BCUT2D eigenvalue weighted by atomic mass is 35.5. The molecule has 0 saturated heterocycles. The lowest BCUT2D eigenvalue weighted by molar-refractivity contribution is 0.168. The molecule has 0 aromatic carbocycles. The van der Waals surface area contributed by atoms with E-state index >= 15 is 0 Å². The van der Waals surface area contributed by atoms with Gasteiger partial charge in [0.25, 0.3) is 0 Å². The molecule has 1 unspecified atom stereocenters. The van der Waals surface area contributed by atoms with Crippen molar-refractivity contribution in [2.24, 2.45) is 0 Å². The summed E-state index contributed by atoms with van der Waals surface area (Å²) in [7, 11) is 0. The molecule has 3 rings (SSSR count). The second-order valence-electron chi connectivity index (χ2n) is 5.63. The summed E-state index contributed by atoms with van der Waals surface area (Å²) < 4.78 is 2.27. The fraction of sp³-hybridized carbons (Fsp3) is 0.571. The summed E-state index contributed by atoms with van der Waals surface area (Å²) in [6.45, 7) is 6.30. The van der Waals surface area contributed by atoms with E-state index in [2.05, 4.69) is 27.5 Å². The summed E-state index contributed by atoms with van der Waals surface area (Å²) >= 11 is 6.30. The van der Waals surface area contributed by atoms with Crippen molar-refractivity contribution in [3.05, 3.63) is 23.7 Å². The Bertz CT molecular complexity index is 596. The van der Waals surface area contributed by atoms with Crippen LogP contribution in [0.3, 0.4) is 0 Å². The molecule has 0 spiro atoms. The SMILES string of the molecule is Cc1cnc2c(c1)nc(C(C)Cl)n2C1(C)CCC1. The number of imidazole rings is 1. The first kappa shape index (κ1) is 12.0. The minimum Gasteiger partial charge on any atom is -0.306 e. The van der Waals surface area contributed by atoms with Crippen LogP contribution in [0.5, 0.6) is 0 Å². The molecule has 1 aliphatic rings. The van der Waals surface area contributed by atoms with Gasteiger partial charge in [-0.3, -0.25) is 0 Å². The molecule has 2 aromatic rings. The van der Waals surface area contributed by atoms with Gasteiger partial charge >= 0.3 is 0 Å². The number of rotatable bonds is 2. The number of aryl methyl sites for hydroxylation is 1. The number of hydrogen-bond acceptors (Lipinski definition) is 2. The lowest BCUT2D eigenvalue weighted by atomic mass is 9.78. The van der Waals surface area contributed by atoms with E-state index in [1.807, 2.05) is 20.0 Å². The van der Waals surface area contributed by atoms with Crippen LogP contribution in [0, 0.1) is 6.92 Å². The quantitative estimate of drug-likeness (QED) is 0.769. The van der Waals surface area contributed by atoms with E-state index in [4.69, 9.17) is 11.6 Å². The van der Waals surface area contributed by atoms with E-state index < -0.39 is 0 Å². The maximum atomic E-state index is 6.30. The van der Waals surface area contributed by atoms with E-state index in [1.165, 1.54) is 19.3 Å². The van der Waals surface area contributed by atoms with Crippen LogP contribution in [-0.2, 0) is 5.54 Å². The first-order valence-electron chi connectivity index (χ1n) is 6.51. The molecule has 1 aliphatic carbocycles. The van der Waals surface area contributed by atoms with Gasteiger partial charge in [0.2, 0.25) is 0 Å². The molecule has 0 aliphatic heterocycles. The van der Waals surface area contributed by atoms with Gasteiger partial charge in [0, 0.05) is 11.7 Å². The van der Waals surface area contributed by atoms with Gasteiger partial charge < -0.3 is 4.57 Å². The Morgan fingerprint density at radius 1 is 1.44 bits per heavy atom. The highest BCUT2D eigenvalue weighted by Gasteiger charge is 2.37. The van der Waals surface area contributed by atoms with E-state index in [0.717, 1.165) is 22.6 Å². The van der Waals surface area contributed by atoms with Crippen LogP contribution in [0.2, 0.25) is 0 Å². The van der Waals surface area contributed by atoms with Crippen molar-refractivity contribution in [2.45, 2.75) is 50.9 Å². The molecule has 4 heteroatoms. The fourth-order valence-electron chi connectivity index (χ4n) is 2.79. The average Bonchev–Trinajstić information content (AvgIpc) is 2.64. The van der Waals surface area contributed by atoms with Crippen LogP contribution in [0.25, 0.3) is 11.2 Å². The van der Waals surface area contributed by atoms with Crippen LogP contribution in [0.4, 0.5) is 0 Å². The molecule has 1 saturated carbocycles. The van der Waals surface area contributed by atoms with Gasteiger partial charge in [-0.25, -0.2) is 9.97 Å². The first-order chi connectivity index (χ1) is 8.51. The molecule has 0 amide bonds. The van der Waals surface area contributed by atoms with Crippen molar-refractivity contribution in [3.63, 3.8) is 0 Å². The highest BCUT2D eigenvalue weighted by molar-refractivity contribution is 6.20.